The van der Waals surface area contributed by atoms with Crippen LogP contribution in [0.15, 0.2) is 22.3 Å². The highest BCUT2D eigenvalue weighted by Gasteiger charge is 2.11. The van der Waals surface area contributed by atoms with E-state index in [4.69, 9.17) is 0 Å². The van der Waals surface area contributed by atoms with Crippen LogP contribution in [0.1, 0.15) is 23.1 Å². The second-order valence-corrected chi connectivity index (χ2v) is 4.48. The molecule has 18 heavy (non-hydrogen) atoms. The highest BCUT2D eigenvalue weighted by molar-refractivity contribution is 7.13. The molecule has 0 atom stereocenters. The van der Waals surface area contributed by atoms with Crippen molar-refractivity contribution in [3.63, 3.8) is 0 Å². The largest absolute Gasteiger partial charge is 0.296 e. The first-order valence-corrected chi connectivity index (χ1v) is 6.29. The minimum atomic E-state index is -0.369. The smallest absolute Gasteiger partial charge is 0.277 e. The number of hydrogen-bond acceptors (Lipinski definition) is 5. The van der Waals surface area contributed by atoms with Crippen molar-refractivity contribution in [1.82, 2.24) is 14.8 Å². The van der Waals surface area contributed by atoms with Crippen molar-refractivity contribution >= 4 is 22.4 Å². The van der Waals surface area contributed by atoms with Gasteiger partial charge in [-0.15, -0.1) is 11.3 Å². The molecule has 0 aliphatic heterocycles. The molecular weight excluding hydrogens is 252 g/mol. The van der Waals surface area contributed by atoms with E-state index in [9.17, 15) is 9.59 Å². The SMILES string of the molecule is CCn1nc(C(=O)Nc2nc(C)cs2)ccc1=O. The molecule has 2 heterocycles. The number of amides is 1. The lowest BCUT2D eigenvalue weighted by atomic mass is 10.3. The van der Waals surface area contributed by atoms with Gasteiger partial charge >= 0.3 is 0 Å². The van der Waals surface area contributed by atoms with Gasteiger partial charge in [-0.25, -0.2) is 9.67 Å². The summed E-state index contributed by atoms with van der Waals surface area (Å²) in [5.41, 5.74) is 0.824. The Bertz CT molecular complexity index is 632. The fraction of sp³-hybridized carbons (Fsp3) is 0.273. The Morgan fingerprint density at radius 1 is 1.50 bits per heavy atom. The number of nitrogens with one attached hydrogen (secondary N) is 1. The molecular formula is C11H12N4O2S. The maximum Gasteiger partial charge on any atom is 0.277 e. The predicted octanol–water partition coefficient (Wildman–Crippen LogP) is 1.28. The molecule has 1 amide bonds. The van der Waals surface area contributed by atoms with Crippen LogP contribution in [0.5, 0.6) is 0 Å². The molecule has 0 aliphatic rings. The van der Waals surface area contributed by atoms with Gasteiger partial charge in [0.05, 0.1) is 5.69 Å². The van der Waals surface area contributed by atoms with Crippen molar-refractivity contribution in [2.75, 3.05) is 5.32 Å². The summed E-state index contributed by atoms with van der Waals surface area (Å²) < 4.78 is 1.24. The lowest BCUT2D eigenvalue weighted by Gasteiger charge is -2.03. The zero-order valence-corrected chi connectivity index (χ0v) is 10.8. The summed E-state index contributed by atoms with van der Waals surface area (Å²) >= 11 is 1.35. The van der Waals surface area contributed by atoms with E-state index in [0.717, 1.165) is 5.69 Å². The standard InChI is InChI=1S/C11H12N4O2S/c1-3-15-9(16)5-4-8(14-15)10(17)13-11-12-7(2)6-18-11/h4-6H,3H2,1-2H3,(H,12,13,17). The minimum absolute atomic E-state index is 0.198. The van der Waals surface area contributed by atoms with E-state index in [1.54, 1.807) is 6.92 Å². The van der Waals surface area contributed by atoms with Gasteiger partial charge in [0.2, 0.25) is 0 Å². The van der Waals surface area contributed by atoms with Crippen LogP contribution < -0.4 is 10.9 Å². The average molecular weight is 264 g/mol. The van der Waals surface area contributed by atoms with Gasteiger partial charge in [0.1, 0.15) is 5.69 Å². The van der Waals surface area contributed by atoms with E-state index >= 15 is 0 Å². The van der Waals surface area contributed by atoms with Crippen LogP contribution >= 0.6 is 11.3 Å². The Balaban J connectivity index is 2.21. The van der Waals surface area contributed by atoms with Crippen LogP contribution in [0.4, 0.5) is 5.13 Å². The van der Waals surface area contributed by atoms with Crippen molar-refractivity contribution in [3.05, 3.63) is 39.3 Å². The molecule has 2 rings (SSSR count). The Morgan fingerprint density at radius 3 is 2.89 bits per heavy atom. The number of hydrogen-bond donors (Lipinski definition) is 1. The van der Waals surface area contributed by atoms with Crippen LogP contribution in [0.25, 0.3) is 0 Å². The zero-order valence-electron chi connectivity index (χ0n) is 10.0. The van der Waals surface area contributed by atoms with Crippen LogP contribution in [0.3, 0.4) is 0 Å². The molecule has 94 valence electrons. The van der Waals surface area contributed by atoms with Crippen LogP contribution in [0.2, 0.25) is 0 Å². The Morgan fingerprint density at radius 2 is 2.28 bits per heavy atom. The van der Waals surface area contributed by atoms with E-state index in [2.05, 4.69) is 15.4 Å². The van der Waals surface area contributed by atoms with E-state index in [-0.39, 0.29) is 17.2 Å². The molecule has 0 spiro atoms. The first kappa shape index (κ1) is 12.4. The van der Waals surface area contributed by atoms with Crippen LogP contribution in [-0.4, -0.2) is 20.7 Å². The number of anilines is 1. The van der Waals surface area contributed by atoms with Gasteiger partial charge < -0.3 is 0 Å². The monoisotopic (exact) mass is 264 g/mol. The lowest BCUT2D eigenvalue weighted by Crippen LogP contribution is -2.25. The average Bonchev–Trinajstić information content (AvgIpc) is 2.75. The lowest BCUT2D eigenvalue weighted by molar-refractivity contribution is 0.102. The summed E-state index contributed by atoms with van der Waals surface area (Å²) in [6, 6.07) is 2.74. The van der Waals surface area contributed by atoms with E-state index < -0.39 is 0 Å². The molecule has 2 aromatic heterocycles. The molecule has 0 aliphatic carbocycles. The number of carbonyl (C=O) groups is 1. The number of aromatic nitrogens is 3. The van der Waals surface area contributed by atoms with Crippen LogP contribution in [0, 0.1) is 6.92 Å². The molecule has 0 saturated heterocycles. The molecule has 0 radical (unpaired) electrons. The molecule has 7 heteroatoms. The van der Waals surface area contributed by atoms with Crippen molar-refractivity contribution in [2.24, 2.45) is 0 Å². The maximum atomic E-state index is 11.9. The normalized spacial score (nSPS) is 10.3. The number of rotatable bonds is 3. The summed E-state index contributed by atoms with van der Waals surface area (Å²) in [6.07, 6.45) is 0. The van der Waals surface area contributed by atoms with Gasteiger partial charge in [-0.2, -0.15) is 5.10 Å². The summed E-state index contributed by atoms with van der Waals surface area (Å²) in [6.45, 7) is 4.07. The molecule has 0 unspecified atom stereocenters. The fourth-order valence-electron chi connectivity index (χ4n) is 1.37. The fourth-order valence-corrected chi connectivity index (χ4v) is 2.05. The Kier molecular flexibility index (Phi) is 3.52. The van der Waals surface area contributed by atoms with Gasteiger partial charge in [-0.05, 0) is 19.9 Å². The molecule has 0 saturated carbocycles. The van der Waals surface area contributed by atoms with E-state index in [1.165, 1.54) is 28.2 Å². The van der Waals surface area contributed by atoms with Gasteiger partial charge in [-0.3, -0.25) is 14.9 Å². The second-order valence-electron chi connectivity index (χ2n) is 3.62. The third-order valence-electron chi connectivity index (χ3n) is 2.24. The molecule has 1 N–H and O–H groups in total. The van der Waals surface area contributed by atoms with Gasteiger partial charge in [-0.1, -0.05) is 0 Å². The predicted molar refractivity (Wildman–Crippen MR) is 69.0 cm³/mol. The maximum absolute atomic E-state index is 11.9. The Labute approximate surface area is 107 Å². The summed E-state index contributed by atoms with van der Waals surface area (Å²) in [5.74, 6) is -0.369. The third-order valence-corrected chi connectivity index (χ3v) is 3.11. The summed E-state index contributed by atoms with van der Waals surface area (Å²) in [5, 5.41) is 8.97. The molecule has 0 fully saturated rings. The molecule has 0 bridgehead atoms. The first-order valence-electron chi connectivity index (χ1n) is 5.42. The summed E-state index contributed by atoms with van der Waals surface area (Å²) in [4.78, 5) is 27.4. The van der Waals surface area contributed by atoms with Crippen molar-refractivity contribution < 1.29 is 4.79 Å². The van der Waals surface area contributed by atoms with E-state index in [1.807, 2.05) is 12.3 Å². The van der Waals surface area contributed by atoms with Crippen molar-refractivity contribution in [2.45, 2.75) is 20.4 Å². The summed E-state index contributed by atoms with van der Waals surface area (Å²) in [7, 11) is 0. The van der Waals surface area contributed by atoms with Gasteiger partial charge in [0.25, 0.3) is 11.5 Å². The molecule has 0 aromatic carbocycles. The molecule has 6 nitrogen and oxygen atoms in total. The highest BCUT2D eigenvalue weighted by atomic mass is 32.1. The number of thiazole rings is 1. The zero-order chi connectivity index (χ0) is 13.1. The van der Waals surface area contributed by atoms with Crippen molar-refractivity contribution in [1.29, 1.82) is 0 Å². The third kappa shape index (κ3) is 2.62. The van der Waals surface area contributed by atoms with Gasteiger partial charge in [0, 0.05) is 18.0 Å². The number of carbonyl (C=O) groups excluding carboxylic acids is 1. The Hall–Kier alpha value is -2.02. The van der Waals surface area contributed by atoms with Gasteiger partial charge in [0.15, 0.2) is 5.13 Å². The topological polar surface area (TPSA) is 76.9 Å². The first-order chi connectivity index (χ1) is 8.60. The van der Waals surface area contributed by atoms with E-state index in [0.29, 0.717) is 11.7 Å². The number of aryl methyl sites for hydroxylation is 2. The van der Waals surface area contributed by atoms with Crippen LogP contribution in [-0.2, 0) is 6.54 Å². The number of nitrogens with zero attached hydrogens (tertiary/aromatic N) is 3. The quantitative estimate of drug-likeness (QED) is 0.906. The second kappa shape index (κ2) is 5.09. The molecule has 2 aromatic rings. The minimum Gasteiger partial charge on any atom is -0.296 e. The highest BCUT2D eigenvalue weighted by Crippen LogP contribution is 2.14. The van der Waals surface area contributed by atoms with Crippen molar-refractivity contribution in [3.8, 4) is 0 Å².